The van der Waals surface area contributed by atoms with Crippen LogP contribution in [0.3, 0.4) is 0 Å². The number of amides is 1. The van der Waals surface area contributed by atoms with Crippen LogP contribution in [0.2, 0.25) is 0 Å². The van der Waals surface area contributed by atoms with E-state index < -0.39 is 5.97 Å². The van der Waals surface area contributed by atoms with Crippen molar-refractivity contribution in [1.29, 1.82) is 0 Å². The van der Waals surface area contributed by atoms with E-state index in [9.17, 15) is 9.59 Å². The molecule has 2 saturated heterocycles. The third-order valence-corrected chi connectivity index (χ3v) is 8.41. The average molecular weight is 625 g/mol. The molecule has 2 aliphatic rings. The van der Waals surface area contributed by atoms with E-state index in [-0.39, 0.29) is 23.5 Å². The minimum atomic E-state index is -0.512. The van der Waals surface area contributed by atoms with Gasteiger partial charge in [-0.1, -0.05) is 24.8 Å². The molecule has 0 aliphatic carbocycles. The number of carbonyl (C=O) groups is 2. The van der Waals surface area contributed by atoms with Crippen molar-refractivity contribution in [2.24, 2.45) is 18.9 Å². The summed E-state index contributed by atoms with van der Waals surface area (Å²) in [5.74, 6) is 1.42. The summed E-state index contributed by atoms with van der Waals surface area (Å²) in [6, 6.07) is 9.71. The van der Waals surface area contributed by atoms with Crippen LogP contribution in [-0.4, -0.2) is 82.2 Å². The number of rotatable bonds is 10. The highest BCUT2D eigenvalue weighted by Crippen LogP contribution is 2.40. The van der Waals surface area contributed by atoms with Gasteiger partial charge in [0, 0.05) is 62.1 Å². The molecule has 4 aromatic rings. The van der Waals surface area contributed by atoms with Crippen LogP contribution in [0.4, 0.5) is 23.1 Å². The van der Waals surface area contributed by atoms with Crippen LogP contribution in [0.1, 0.15) is 31.1 Å². The van der Waals surface area contributed by atoms with Crippen molar-refractivity contribution in [2.45, 2.75) is 26.9 Å². The maximum absolute atomic E-state index is 13.2. The smallest absolute Gasteiger partial charge is 0.342 e. The van der Waals surface area contributed by atoms with Crippen LogP contribution < -0.4 is 20.3 Å². The zero-order valence-electron chi connectivity index (χ0n) is 26.9. The molecule has 2 atom stereocenters. The maximum Gasteiger partial charge on any atom is 0.342 e. The summed E-state index contributed by atoms with van der Waals surface area (Å²) in [7, 11) is 4.10. The van der Waals surface area contributed by atoms with Crippen LogP contribution in [0, 0.1) is 11.8 Å². The molecule has 5 heterocycles. The first-order chi connectivity index (χ1) is 22.1. The van der Waals surface area contributed by atoms with Gasteiger partial charge in [-0.2, -0.15) is 4.98 Å². The van der Waals surface area contributed by atoms with Crippen molar-refractivity contribution >= 4 is 45.9 Å². The highest BCUT2D eigenvalue weighted by atomic mass is 16.5. The molecule has 46 heavy (non-hydrogen) atoms. The summed E-state index contributed by atoms with van der Waals surface area (Å²) in [6.07, 6.45) is 4.33. The van der Waals surface area contributed by atoms with Gasteiger partial charge in [0.15, 0.2) is 5.82 Å². The number of nitrogens with one attached hydrogen (secondary N) is 2. The normalized spacial score (nSPS) is 17.7. The van der Waals surface area contributed by atoms with E-state index in [1.165, 1.54) is 12.3 Å². The minimum absolute atomic E-state index is 0.222. The van der Waals surface area contributed by atoms with E-state index in [2.05, 4.69) is 39.0 Å². The first-order valence-electron chi connectivity index (χ1n) is 15.6. The summed E-state index contributed by atoms with van der Waals surface area (Å²) in [5.41, 5.74) is 3.42. The number of esters is 1. The van der Waals surface area contributed by atoms with Gasteiger partial charge < -0.3 is 34.5 Å². The second kappa shape index (κ2) is 12.8. The first kappa shape index (κ1) is 31.0. The monoisotopic (exact) mass is 624 g/mol. The van der Waals surface area contributed by atoms with E-state index in [0.717, 1.165) is 42.6 Å². The number of aromatic nitrogens is 4. The number of carbonyl (C=O) groups excluding carboxylic acids is 2. The van der Waals surface area contributed by atoms with Gasteiger partial charge in [0.25, 0.3) is 0 Å². The van der Waals surface area contributed by atoms with Crippen molar-refractivity contribution in [2.75, 3.05) is 55.4 Å². The minimum Gasteiger partial charge on any atom is -0.476 e. The van der Waals surface area contributed by atoms with E-state index in [4.69, 9.17) is 19.4 Å². The third kappa shape index (κ3) is 6.12. The average Bonchev–Trinajstić information content (AvgIpc) is 3.68. The van der Waals surface area contributed by atoms with Gasteiger partial charge in [0.2, 0.25) is 17.7 Å². The lowest BCUT2D eigenvalue weighted by molar-refractivity contribution is -0.111. The third-order valence-electron chi connectivity index (χ3n) is 8.41. The van der Waals surface area contributed by atoms with E-state index >= 15 is 0 Å². The van der Waals surface area contributed by atoms with Gasteiger partial charge in [0.05, 0.1) is 24.1 Å². The van der Waals surface area contributed by atoms with Crippen molar-refractivity contribution in [1.82, 2.24) is 24.4 Å². The number of anilines is 4. The SMILES string of the molecule is C=CC(=O)Nc1cc(Nc2ncc(C(=O)OC(C)C)c(-c3cn(C)c4ccccc34)n2)c(OCC)nc1N1C[C@H]2CN(C)C[C@H]2C1. The van der Waals surface area contributed by atoms with Crippen LogP contribution >= 0.6 is 0 Å². The van der Waals surface area contributed by atoms with Gasteiger partial charge in [-0.25, -0.2) is 14.8 Å². The van der Waals surface area contributed by atoms with Gasteiger partial charge in [-0.3, -0.25) is 4.79 Å². The Morgan fingerprint density at radius 3 is 2.52 bits per heavy atom. The lowest BCUT2D eigenvalue weighted by Crippen LogP contribution is -2.28. The maximum atomic E-state index is 13.2. The van der Waals surface area contributed by atoms with Gasteiger partial charge in [-0.05, 0) is 57.9 Å². The van der Waals surface area contributed by atoms with E-state index in [1.54, 1.807) is 19.9 Å². The lowest BCUT2D eigenvalue weighted by atomic mass is 10.0. The molecule has 12 nitrogen and oxygen atoms in total. The Bertz CT molecular complexity index is 1790. The topological polar surface area (TPSA) is 127 Å². The number of para-hydroxylation sites is 1. The van der Waals surface area contributed by atoms with Gasteiger partial charge in [-0.15, -0.1) is 0 Å². The van der Waals surface area contributed by atoms with Crippen LogP contribution in [0.5, 0.6) is 5.88 Å². The molecular weight excluding hydrogens is 584 g/mol. The molecule has 0 radical (unpaired) electrons. The molecule has 2 N–H and O–H groups in total. The quantitative estimate of drug-likeness (QED) is 0.187. The molecule has 12 heteroatoms. The zero-order valence-corrected chi connectivity index (χ0v) is 26.9. The van der Waals surface area contributed by atoms with Crippen molar-refractivity contribution < 1.29 is 19.1 Å². The number of nitrogens with zero attached hydrogens (tertiary/aromatic N) is 6. The number of hydrogen-bond acceptors (Lipinski definition) is 10. The lowest BCUT2D eigenvalue weighted by Gasteiger charge is -2.24. The molecule has 0 saturated carbocycles. The predicted octanol–water partition coefficient (Wildman–Crippen LogP) is 4.86. The Kier molecular flexibility index (Phi) is 8.63. The number of likely N-dealkylation sites (tertiary alicyclic amines) is 1. The number of benzene rings is 1. The number of fused-ring (bicyclic) bond motifs is 2. The Morgan fingerprint density at radius 2 is 1.83 bits per heavy atom. The summed E-state index contributed by atoms with van der Waals surface area (Å²) < 4.78 is 13.6. The second-order valence-electron chi connectivity index (χ2n) is 12.2. The fourth-order valence-electron chi connectivity index (χ4n) is 6.47. The largest absolute Gasteiger partial charge is 0.476 e. The van der Waals surface area contributed by atoms with Gasteiger partial charge >= 0.3 is 5.97 Å². The fourth-order valence-corrected chi connectivity index (χ4v) is 6.47. The van der Waals surface area contributed by atoms with E-state index in [0.29, 0.717) is 47.2 Å². The number of ether oxygens (including phenoxy) is 2. The Balaban J connectivity index is 1.42. The van der Waals surface area contributed by atoms with Crippen LogP contribution in [-0.2, 0) is 16.6 Å². The first-order valence-corrected chi connectivity index (χ1v) is 15.6. The number of pyridine rings is 1. The highest BCUT2D eigenvalue weighted by Gasteiger charge is 2.40. The van der Waals surface area contributed by atoms with Crippen molar-refractivity contribution in [3.05, 3.63) is 60.9 Å². The summed E-state index contributed by atoms with van der Waals surface area (Å²) in [5, 5.41) is 7.13. The Morgan fingerprint density at radius 1 is 1.09 bits per heavy atom. The Hall–Kier alpha value is -4.97. The molecule has 0 unspecified atom stereocenters. The van der Waals surface area contributed by atoms with Crippen LogP contribution in [0.15, 0.2) is 55.4 Å². The molecule has 2 fully saturated rings. The van der Waals surface area contributed by atoms with E-state index in [1.807, 2.05) is 49.0 Å². The number of aryl methyl sites for hydroxylation is 1. The molecule has 3 aromatic heterocycles. The molecule has 1 amide bonds. The fraction of sp³-hybridized carbons (Fsp3) is 0.382. The standard InChI is InChI=1S/C34H40N8O4/c1-7-29(43)36-26-13-27(32(45-8-2)39-31(26)42-17-21-15-40(5)16-22(21)18-42)37-34-35-14-24(33(44)46-20(3)4)30(38-34)25-19-41(6)28-12-10-9-11-23(25)28/h7,9-14,19-22H,1,8,15-18H2,2-6H3,(H,36,43)(H,35,37,38)/t21-,22+. The van der Waals surface area contributed by atoms with Gasteiger partial charge in [0.1, 0.15) is 11.3 Å². The molecule has 1 aromatic carbocycles. The van der Waals surface area contributed by atoms with Crippen LogP contribution in [0.25, 0.3) is 22.2 Å². The zero-order chi connectivity index (χ0) is 32.5. The summed E-state index contributed by atoms with van der Waals surface area (Å²) in [6.45, 7) is 13.2. The molecule has 0 bridgehead atoms. The molecule has 0 spiro atoms. The summed E-state index contributed by atoms with van der Waals surface area (Å²) >= 11 is 0. The second-order valence-corrected chi connectivity index (χ2v) is 12.2. The number of hydrogen-bond donors (Lipinski definition) is 2. The molecule has 6 rings (SSSR count). The molecule has 240 valence electrons. The summed E-state index contributed by atoms with van der Waals surface area (Å²) in [4.78, 5) is 44.6. The van der Waals surface area contributed by atoms with Crippen molar-refractivity contribution in [3.8, 4) is 17.1 Å². The Labute approximate surface area is 268 Å². The highest BCUT2D eigenvalue weighted by molar-refractivity contribution is 6.03. The predicted molar refractivity (Wildman–Crippen MR) is 179 cm³/mol. The molecular formula is C34H40N8O4. The van der Waals surface area contributed by atoms with Crippen molar-refractivity contribution in [3.63, 3.8) is 0 Å². The molecule has 2 aliphatic heterocycles.